The van der Waals surface area contributed by atoms with E-state index in [0.717, 1.165) is 21.9 Å². The largest absolute Gasteiger partial charge is 0.486 e. The number of hydrogen-bond acceptors (Lipinski definition) is 4. The van der Waals surface area contributed by atoms with E-state index >= 15 is 0 Å². The number of carbonyl (C=O) groups excluding carboxylic acids is 1. The molecule has 0 radical (unpaired) electrons. The maximum absolute atomic E-state index is 12.6. The first-order valence-electron chi connectivity index (χ1n) is 7.41. The SMILES string of the molecule is CCN(CC1COc2ccccc2O1)C(=O)c1sccc1C. The molecule has 1 atom stereocenters. The quantitative estimate of drug-likeness (QED) is 0.868. The van der Waals surface area contributed by atoms with Crippen molar-refractivity contribution in [3.63, 3.8) is 0 Å². The summed E-state index contributed by atoms with van der Waals surface area (Å²) >= 11 is 1.49. The van der Waals surface area contributed by atoms with Crippen molar-refractivity contribution in [3.05, 3.63) is 46.2 Å². The van der Waals surface area contributed by atoms with Gasteiger partial charge in [0.1, 0.15) is 6.61 Å². The fourth-order valence-corrected chi connectivity index (χ4v) is 3.38. The molecule has 1 aromatic carbocycles. The molecule has 22 heavy (non-hydrogen) atoms. The van der Waals surface area contributed by atoms with E-state index in [1.165, 1.54) is 11.3 Å². The summed E-state index contributed by atoms with van der Waals surface area (Å²) < 4.78 is 11.7. The molecule has 5 heteroatoms. The van der Waals surface area contributed by atoms with Gasteiger partial charge < -0.3 is 14.4 Å². The van der Waals surface area contributed by atoms with Gasteiger partial charge in [-0.2, -0.15) is 0 Å². The molecule has 0 saturated carbocycles. The Morgan fingerprint density at radius 2 is 2.09 bits per heavy atom. The first kappa shape index (κ1) is 14.9. The molecule has 1 aromatic heterocycles. The van der Waals surface area contributed by atoms with Gasteiger partial charge in [0.15, 0.2) is 17.6 Å². The van der Waals surface area contributed by atoms with E-state index in [0.29, 0.717) is 19.7 Å². The number of rotatable bonds is 4. The highest BCUT2D eigenvalue weighted by Gasteiger charge is 2.26. The van der Waals surface area contributed by atoms with Crippen LogP contribution < -0.4 is 9.47 Å². The highest BCUT2D eigenvalue weighted by atomic mass is 32.1. The van der Waals surface area contributed by atoms with Gasteiger partial charge in [-0.3, -0.25) is 4.79 Å². The summed E-state index contributed by atoms with van der Waals surface area (Å²) in [4.78, 5) is 15.2. The van der Waals surface area contributed by atoms with Crippen LogP contribution >= 0.6 is 11.3 Å². The predicted molar refractivity (Wildman–Crippen MR) is 87.0 cm³/mol. The molecule has 1 unspecified atom stereocenters. The second-order valence-corrected chi connectivity index (χ2v) is 6.19. The van der Waals surface area contributed by atoms with Crippen LogP contribution in [0.1, 0.15) is 22.2 Å². The molecule has 116 valence electrons. The van der Waals surface area contributed by atoms with Gasteiger partial charge in [-0.25, -0.2) is 0 Å². The number of ether oxygens (including phenoxy) is 2. The number of aryl methyl sites for hydroxylation is 1. The van der Waals surface area contributed by atoms with Crippen molar-refractivity contribution in [1.82, 2.24) is 4.90 Å². The van der Waals surface area contributed by atoms with Crippen LogP contribution in [0, 0.1) is 6.92 Å². The molecule has 3 rings (SSSR count). The molecular formula is C17H19NO3S. The highest BCUT2D eigenvalue weighted by Crippen LogP contribution is 2.31. The molecule has 0 spiro atoms. The third kappa shape index (κ3) is 2.95. The van der Waals surface area contributed by atoms with E-state index in [9.17, 15) is 4.79 Å². The molecule has 0 N–H and O–H groups in total. The average Bonchev–Trinajstić information content (AvgIpc) is 2.98. The van der Waals surface area contributed by atoms with Crippen LogP contribution in [-0.4, -0.2) is 36.6 Å². The Morgan fingerprint density at radius 3 is 2.77 bits per heavy atom. The highest BCUT2D eigenvalue weighted by molar-refractivity contribution is 7.12. The summed E-state index contributed by atoms with van der Waals surface area (Å²) in [6, 6.07) is 9.60. The van der Waals surface area contributed by atoms with Crippen molar-refractivity contribution < 1.29 is 14.3 Å². The molecule has 0 bridgehead atoms. The molecular weight excluding hydrogens is 298 g/mol. The van der Waals surface area contributed by atoms with Gasteiger partial charge in [-0.1, -0.05) is 12.1 Å². The monoisotopic (exact) mass is 317 g/mol. The molecule has 2 aromatic rings. The topological polar surface area (TPSA) is 38.8 Å². The minimum Gasteiger partial charge on any atom is -0.486 e. The van der Waals surface area contributed by atoms with Gasteiger partial charge in [-0.05, 0) is 43.0 Å². The number of carbonyl (C=O) groups is 1. The lowest BCUT2D eigenvalue weighted by molar-refractivity contribution is 0.0477. The molecule has 1 aliphatic rings. The van der Waals surface area contributed by atoms with Crippen molar-refractivity contribution in [2.75, 3.05) is 19.7 Å². The second kappa shape index (κ2) is 6.40. The fourth-order valence-electron chi connectivity index (χ4n) is 2.49. The second-order valence-electron chi connectivity index (χ2n) is 5.27. The van der Waals surface area contributed by atoms with E-state index < -0.39 is 0 Å². The predicted octanol–water partition coefficient (Wildman–Crippen LogP) is 3.36. The van der Waals surface area contributed by atoms with Crippen molar-refractivity contribution in [3.8, 4) is 11.5 Å². The Bertz CT molecular complexity index is 667. The van der Waals surface area contributed by atoms with Gasteiger partial charge in [0.05, 0.1) is 11.4 Å². The van der Waals surface area contributed by atoms with Gasteiger partial charge in [-0.15, -0.1) is 11.3 Å². The maximum atomic E-state index is 12.6. The van der Waals surface area contributed by atoms with Crippen LogP contribution in [-0.2, 0) is 0 Å². The van der Waals surface area contributed by atoms with E-state index in [-0.39, 0.29) is 12.0 Å². The number of fused-ring (bicyclic) bond motifs is 1. The molecule has 0 aliphatic carbocycles. The lowest BCUT2D eigenvalue weighted by Crippen LogP contribution is -2.43. The van der Waals surface area contributed by atoms with Gasteiger partial charge in [0.25, 0.3) is 5.91 Å². The van der Waals surface area contributed by atoms with E-state index in [1.54, 1.807) is 0 Å². The zero-order valence-corrected chi connectivity index (χ0v) is 13.6. The number of amides is 1. The van der Waals surface area contributed by atoms with Crippen molar-refractivity contribution in [1.29, 1.82) is 0 Å². The van der Waals surface area contributed by atoms with Crippen molar-refractivity contribution >= 4 is 17.2 Å². The van der Waals surface area contributed by atoms with Crippen LogP contribution in [0.25, 0.3) is 0 Å². The molecule has 0 fully saturated rings. The third-order valence-electron chi connectivity index (χ3n) is 3.72. The Kier molecular flexibility index (Phi) is 4.34. The summed E-state index contributed by atoms with van der Waals surface area (Å²) in [6.45, 7) is 5.59. The number of hydrogen-bond donors (Lipinski definition) is 0. The van der Waals surface area contributed by atoms with Crippen LogP contribution in [0.3, 0.4) is 0 Å². The van der Waals surface area contributed by atoms with Crippen molar-refractivity contribution in [2.45, 2.75) is 20.0 Å². The average molecular weight is 317 g/mol. The first-order valence-corrected chi connectivity index (χ1v) is 8.29. The number of thiophene rings is 1. The number of para-hydroxylation sites is 2. The zero-order chi connectivity index (χ0) is 15.5. The summed E-state index contributed by atoms with van der Waals surface area (Å²) in [5.41, 5.74) is 1.03. The van der Waals surface area contributed by atoms with Crippen molar-refractivity contribution in [2.24, 2.45) is 0 Å². The standard InChI is InChI=1S/C17H19NO3S/c1-3-18(17(19)16-12(2)8-9-22-16)10-13-11-20-14-6-4-5-7-15(14)21-13/h4-9,13H,3,10-11H2,1-2H3. The molecule has 1 amide bonds. The number of nitrogens with zero attached hydrogens (tertiary/aromatic N) is 1. The first-order chi connectivity index (χ1) is 10.7. The minimum atomic E-state index is -0.140. The Labute approximate surface area is 134 Å². The van der Waals surface area contributed by atoms with Crippen LogP contribution in [0.2, 0.25) is 0 Å². The summed E-state index contributed by atoms with van der Waals surface area (Å²) in [6.07, 6.45) is -0.140. The normalized spacial score (nSPS) is 16.4. The van der Waals surface area contributed by atoms with Gasteiger partial charge in [0, 0.05) is 6.54 Å². The van der Waals surface area contributed by atoms with Gasteiger partial charge >= 0.3 is 0 Å². The smallest absolute Gasteiger partial charge is 0.264 e. The molecule has 0 saturated heterocycles. The zero-order valence-electron chi connectivity index (χ0n) is 12.7. The van der Waals surface area contributed by atoms with Crippen LogP contribution in [0.15, 0.2) is 35.7 Å². The van der Waals surface area contributed by atoms with Crippen LogP contribution in [0.5, 0.6) is 11.5 Å². The molecule has 2 heterocycles. The lowest BCUT2D eigenvalue weighted by Gasteiger charge is -2.30. The van der Waals surface area contributed by atoms with E-state index in [2.05, 4.69) is 0 Å². The van der Waals surface area contributed by atoms with Gasteiger partial charge in [0.2, 0.25) is 0 Å². The number of likely N-dealkylation sites (N-methyl/N-ethyl adjacent to an activating group) is 1. The maximum Gasteiger partial charge on any atom is 0.264 e. The Morgan fingerprint density at radius 1 is 1.32 bits per heavy atom. The Hall–Kier alpha value is -2.01. The summed E-state index contributed by atoms with van der Waals surface area (Å²) in [7, 11) is 0. The number of benzene rings is 1. The van der Waals surface area contributed by atoms with Crippen LogP contribution in [0.4, 0.5) is 0 Å². The van der Waals surface area contributed by atoms with E-state index in [1.807, 2.05) is 54.5 Å². The molecule has 4 nitrogen and oxygen atoms in total. The lowest BCUT2D eigenvalue weighted by atomic mass is 10.2. The summed E-state index contributed by atoms with van der Waals surface area (Å²) in [5, 5.41) is 1.95. The fraction of sp³-hybridized carbons (Fsp3) is 0.353. The summed E-state index contributed by atoms with van der Waals surface area (Å²) in [5.74, 6) is 1.58. The molecule has 1 aliphatic heterocycles. The van der Waals surface area contributed by atoms with E-state index in [4.69, 9.17) is 9.47 Å². The third-order valence-corrected chi connectivity index (χ3v) is 4.72. The minimum absolute atomic E-state index is 0.0671. The Balaban J connectivity index is 1.69.